The number of hydrogen-bond donors (Lipinski definition) is 1. The Kier molecular flexibility index (Phi) is 8.43. The van der Waals surface area contributed by atoms with Crippen LogP contribution in [0.5, 0.6) is 0 Å². The summed E-state index contributed by atoms with van der Waals surface area (Å²) < 4.78 is 22.8. The van der Waals surface area contributed by atoms with Gasteiger partial charge in [0.05, 0.1) is 5.75 Å². The average molecular weight is 263 g/mol. The molecule has 0 unspecified atom stereocenters. The summed E-state index contributed by atoms with van der Waals surface area (Å²) in [4.78, 5) is 11.4. The Morgan fingerprint density at radius 2 is 1.82 bits per heavy atom. The molecule has 0 radical (unpaired) electrons. The van der Waals surface area contributed by atoms with Gasteiger partial charge in [-0.1, -0.05) is 20.8 Å². The molecule has 0 aromatic rings. The third kappa shape index (κ3) is 10.5. The lowest BCUT2D eigenvalue weighted by atomic mass is 10.2. The largest absolute Gasteiger partial charge is 0.315 e. The van der Waals surface area contributed by atoms with Crippen LogP contribution in [0.1, 0.15) is 46.5 Å². The van der Waals surface area contributed by atoms with Gasteiger partial charge < -0.3 is 5.32 Å². The molecule has 0 aromatic heterocycles. The maximum atomic E-state index is 11.4. The molecule has 102 valence electrons. The van der Waals surface area contributed by atoms with Gasteiger partial charge in [-0.05, 0) is 19.4 Å². The van der Waals surface area contributed by atoms with E-state index in [9.17, 15) is 13.2 Å². The van der Waals surface area contributed by atoms with Crippen molar-refractivity contribution in [2.75, 3.05) is 18.1 Å². The van der Waals surface area contributed by atoms with Crippen molar-refractivity contribution in [1.29, 1.82) is 0 Å². The lowest BCUT2D eigenvalue weighted by Crippen LogP contribution is -2.24. The molecule has 0 bridgehead atoms. The van der Waals surface area contributed by atoms with Crippen LogP contribution in [-0.2, 0) is 14.6 Å². The Morgan fingerprint density at radius 3 is 2.35 bits per heavy atom. The highest BCUT2D eigenvalue weighted by Gasteiger charge is 2.12. The van der Waals surface area contributed by atoms with E-state index in [1.54, 1.807) is 0 Å². The van der Waals surface area contributed by atoms with E-state index >= 15 is 0 Å². The van der Waals surface area contributed by atoms with Crippen LogP contribution in [0.2, 0.25) is 0 Å². The zero-order valence-corrected chi connectivity index (χ0v) is 12.0. The number of sulfone groups is 1. The molecule has 0 amide bonds. The van der Waals surface area contributed by atoms with Crippen molar-refractivity contribution in [2.24, 2.45) is 0 Å². The van der Waals surface area contributed by atoms with Gasteiger partial charge in [0.15, 0.2) is 9.84 Å². The number of hydrogen-bond acceptors (Lipinski definition) is 4. The maximum Gasteiger partial charge on any atom is 0.150 e. The molecule has 0 spiro atoms. The molecule has 4 nitrogen and oxygen atoms in total. The Balaban J connectivity index is 3.66. The van der Waals surface area contributed by atoms with Gasteiger partial charge in [-0.3, -0.25) is 4.79 Å². The lowest BCUT2D eigenvalue weighted by Gasteiger charge is -2.07. The van der Waals surface area contributed by atoms with Gasteiger partial charge in [0.25, 0.3) is 0 Å². The van der Waals surface area contributed by atoms with Crippen molar-refractivity contribution in [3.05, 3.63) is 0 Å². The molecule has 0 aliphatic carbocycles. The topological polar surface area (TPSA) is 63.2 Å². The number of ketones is 1. The first-order valence-corrected chi connectivity index (χ1v) is 8.15. The van der Waals surface area contributed by atoms with Crippen LogP contribution < -0.4 is 5.32 Å². The first-order valence-electron chi connectivity index (χ1n) is 6.33. The van der Waals surface area contributed by atoms with Crippen LogP contribution in [0.15, 0.2) is 0 Å². The number of carbonyl (C=O) groups excluding carboxylic acids is 1. The summed E-state index contributed by atoms with van der Waals surface area (Å²) in [5, 5.41) is 3.22. The summed E-state index contributed by atoms with van der Waals surface area (Å²) in [6.45, 7) is 6.75. The van der Waals surface area contributed by atoms with E-state index in [1.807, 2.05) is 6.92 Å². The molecule has 5 heteroatoms. The first-order chi connectivity index (χ1) is 7.87. The van der Waals surface area contributed by atoms with Crippen LogP contribution >= 0.6 is 0 Å². The lowest BCUT2D eigenvalue weighted by molar-refractivity contribution is -0.118. The third-order valence-corrected chi connectivity index (χ3v) is 4.25. The second-order valence-corrected chi connectivity index (χ2v) is 6.96. The highest BCUT2D eigenvalue weighted by molar-refractivity contribution is 7.91. The van der Waals surface area contributed by atoms with Gasteiger partial charge in [0, 0.05) is 24.6 Å². The second kappa shape index (κ2) is 8.64. The molecule has 17 heavy (non-hydrogen) atoms. The van der Waals surface area contributed by atoms with Gasteiger partial charge in [0.1, 0.15) is 5.78 Å². The minimum Gasteiger partial charge on any atom is -0.315 e. The number of nitrogens with one attached hydrogen (secondary N) is 1. The molecule has 1 N–H and O–H groups in total. The van der Waals surface area contributed by atoms with Crippen molar-refractivity contribution in [2.45, 2.75) is 52.5 Å². The average Bonchev–Trinajstić information content (AvgIpc) is 2.21. The van der Waals surface area contributed by atoms with Gasteiger partial charge in [-0.2, -0.15) is 0 Å². The Labute approximate surface area is 105 Å². The molecule has 0 saturated heterocycles. The Morgan fingerprint density at radius 1 is 1.18 bits per heavy atom. The number of carbonyl (C=O) groups is 1. The van der Waals surface area contributed by atoms with E-state index in [-0.39, 0.29) is 23.7 Å². The molecular formula is C12H25NO3S. The van der Waals surface area contributed by atoms with Crippen molar-refractivity contribution >= 4 is 15.6 Å². The predicted molar refractivity (Wildman–Crippen MR) is 70.9 cm³/mol. The summed E-state index contributed by atoms with van der Waals surface area (Å²) in [7, 11) is -3.01. The van der Waals surface area contributed by atoms with Crippen LogP contribution in [-0.4, -0.2) is 38.3 Å². The molecule has 0 aliphatic heterocycles. The summed E-state index contributed by atoms with van der Waals surface area (Å²) in [6, 6.07) is 0.426. The first kappa shape index (κ1) is 16.6. The maximum absolute atomic E-state index is 11.4. The van der Waals surface area contributed by atoms with Crippen LogP contribution in [0.3, 0.4) is 0 Å². The molecule has 0 aliphatic rings. The zero-order valence-electron chi connectivity index (χ0n) is 11.2. The van der Waals surface area contributed by atoms with Crippen molar-refractivity contribution in [3.8, 4) is 0 Å². The zero-order chi connectivity index (χ0) is 13.3. The second-order valence-electron chi connectivity index (χ2n) is 4.65. The Hall–Kier alpha value is -0.420. The van der Waals surface area contributed by atoms with Gasteiger partial charge in [0.2, 0.25) is 0 Å². The molecule has 0 atom stereocenters. The van der Waals surface area contributed by atoms with E-state index in [4.69, 9.17) is 0 Å². The smallest absolute Gasteiger partial charge is 0.150 e. The summed E-state index contributed by atoms with van der Waals surface area (Å²) in [5.74, 6) is 0.252. The van der Waals surface area contributed by atoms with E-state index in [1.165, 1.54) is 0 Å². The number of Topliss-reactive ketones (excluding diaryl/α,β-unsaturated/α-hetero) is 1. The molecule has 0 fully saturated rings. The fourth-order valence-electron chi connectivity index (χ4n) is 1.48. The highest BCUT2D eigenvalue weighted by atomic mass is 32.2. The molecule has 0 heterocycles. The standard InChI is InChI=1S/C12H25NO3S/c1-4-9-17(15,16)10-7-12(14)6-5-8-13-11(2)3/h11,13H,4-10H2,1-3H3. The summed E-state index contributed by atoms with van der Waals surface area (Å²) >= 11 is 0. The molecule has 0 rings (SSSR count). The van der Waals surface area contributed by atoms with E-state index in [2.05, 4.69) is 19.2 Å². The summed E-state index contributed by atoms with van der Waals surface area (Å²) in [5.41, 5.74) is 0. The monoisotopic (exact) mass is 263 g/mol. The van der Waals surface area contributed by atoms with Crippen molar-refractivity contribution in [3.63, 3.8) is 0 Å². The SMILES string of the molecule is CCCS(=O)(=O)CCC(=O)CCCNC(C)C. The van der Waals surface area contributed by atoms with Crippen LogP contribution in [0.25, 0.3) is 0 Å². The van der Waals surface area contributed by atoms with Gasteiger partial charge >= 0.3 is 0 Å². The minimum absolute atomic E-state index is 0.0112. The van der Waals surface area contributed by atoms with Gasteiger partial charge in [-0.15, -0.1) is 0 Å². The quantitative estimate of drug-likeness (QED) is 0.607. The fraction of sp³-hybridized carbons (Fsp3) is 0.917. The number of rotatable bonds is 10. The van der Waals surface area contributed by atoms with E-state index < -0.39 is 9.84 Å². The fourth-order valence-corrected chi connectivity index (χ4v) is 2.85. The molecule has 0 aromatic carbocycles. The minimum atomic E-state index is -3.01. The predicted octanol–water partition coefficient (Wildman–Crippen LogP) is 1.55. The van der Waals surface area contributed by atoms with E-state index in [0.717, 1.165) is 13.0 Å². The molecular weight excluding hydrogens is 238 g/mol. The third-order valence-electron chi connectivity index (χ3n) is 2.39. The highest BCUT2D eigenvalue weighted by Crippen LogP contribution is 2.01. The van der Waals surface area contributed by atoms with Gasteiger partial charge in [-0.25, -0.2) is 8.42 Å². The van der Waals surface area contributed by atoms with Crippen LogP contribution in [0, 0.1) is 0 Å². The van der Waals surface area contributed by atoms with Crippen molar-refractivity contribution in [1.82, 2.24) is 5.32 Å². The Bertz CT molecular complexity index is 310. The normalized spacial score (nSPS) is 12.0. The molecule has 0 saturated carbocycles. The summed E-state index contributed by atoms with van der Waals surface area (Å²) in [6.07, 6.45) is 2.05. The van der Waals surface area contributed by atoms with Crippen molar-refractivity contribution < 1.29 is 13.2 Å². The van der Waals surface area contributed by atoms with E-state index in [0.29, 0.717) is 18.9 Å². The van der Waals surface area contributed by atoms with Crippen LogP contribution in [0.4, 0.5) is 0 Å².